The standard InChI is InChI=1S/C15H14N2O4S/c1-9-7-10(15(20)21)4-5-11(9)17-13(18)8-16-14(19)12-3-2-6-22-12/h2-7H,8H2,1H3,(H,16,19)(H,17,18)(H,20,21). The van der Waals surface area contributed by atoms with Gasteiger partial charge in [0.1, 0.15) is 0 Å². The van der Waals surface area contributed by atoms with Crippen LogP contribution in [0.25, 0.3) is 0 Å². The molecule has 6 nitrogen and oxygen atoms in total. The van der Waals surface area contributed by atoms with Gasteiger partial charge in [-0.1, -0.05) is 6.07 Å². The fourth-order valence-electron chi connectivity index (χ4n) is 1.79. The first-order chi connectivity index (χ1) is 10.5. The summed E-state index contributed by atoms with van der Waals surface area (Å²) in [5.41, 5.74) is 1.31. The number of carbonyl (C=O) groups is 3. The number of hydrogen-bond donors (Lipinski definition) is 3. The van der Waals surface area contributed by atoms with Crippen LogP contribution in [0.4, 0.5) is 5.69 Å². The number of aromatic carboxylic acids is 1. The van der Waals surface area contributed by atoms with E-state index in [-0.39, 0.29) is 23.9 Å². The van der Waals surface area contributed by atoms with Gasteiger partial charge in [0.2, 0.25) is 5.91 Å². The van der Waals surface area contributed by atoms with E-state index in [0.717, 1.165) is 0 Å². The van der Waals surface area contributed by atoms with Crippen LogP contribution in [0.5, 0.6) is 0 Å². The summed E-state index contributed by atoms with van der Waals surface area (Å²) in [6, 6.07) is 7.84. The number of carboxylic acids is 1. The maximum atomic E-state index is 11.8. The number of carboxylic acid groups (broad SMARTS) is 1. The van der Waals surface area contributed by atoms with Gasteiger partial charge in [-0.2, -0.15) is 0 Å². The van der Waals surface area contributed by atoms with Crippen molar-refractivity contribution in [1.29, 1.82) is 0 Å². The highest BCUT2D eigenvalue weighted by atomic mass is 32.1. The molecule has 114 valence electrons. The van der Waals surface area contributed by atoms with Gasteiger partial charge in [-0.05, 0) is 42.1 Å². The Balaban J connectivity index is 1.92. The lowest BCUT2D eigenvalue weighted by Gasteiger charge is -2.09. The largest absolute Gasteiger partial charge is 0.478 e. The average Bonchev–Trinajstić information content (AvgIpc) is 3.01. The number of rotatable bonds is 5. The number of aryl methyl sites for hydroxylation is 1. The van der Waals surface area contributed by atoms with Crippen molar-refractivity contribution >= 4 is 34.8 Å². The minimum atomic E-state index is -1.02. The maximum Gasteiger partial charge on any atom is 0.335 e. The second-order valence-electron chi connectivity index (χ2n) is 4.54. The van der Waals surface area contributed by atoms with Crippen molar-refractivity contribution < 1.29 is 19.5 Å². The van der Waals surface area contributed by atoms with Gasteiger partial charge in [0.25, 0.3) is 5.91 Å². The molecule has 2 aromatic rings. The third-order valence-corrected chi connectivity index (χ3v) is 3.77. The van der Waals surface area contributed by atoms with Crippen LogP contribution in [-0.2, 0) is 4.79 Å². The number of hydrogen-bond acceptors (Lipinski definition) is 4. The van der Waals surface area contributed by atoms with Crippen LogP contribution in [0, 0.1) is 6.92 Å². The monoisotopic (exact) mass is 318 g/mol. The minimum Gasteiger partial charge on any atom is -0.478 e. The third kappa shape index (κ3) is 3.92. The van der Waals surface area contributed by atoms with Crippen LogP contribution in [0.15, 0.2) is 35.7 Å². The number of benzene rings is 1. The van der Waals surface area contributed by atoms with Crippen molar-refractivity contribution in [3.05, 3.63) is 51.7 Å². The molecule has 1 aromatic carbocycles. The zero-order valence-electron chi connectivity index (χ0n) is 11.8. The Labute approximate surface area is 130 Å². The average molecular weight is 318 g/mol. The van der Waals surface area contributed by atoms with Gasteiger partial charge < -0.3 is 15.7 Å². The van der Waals surface area contributed by atoms with E-state index in [1.54, 1.807) is 24.4 Å². The van der Waals surface area contributed by atoms with Gasteiger partial charge in [-0.25, -0.2) is 4.79 Å². The van der Waals surface area contributed by atoms with Crippen molar-refractivity contribution in [3.8, 4) is 0 Å². The highest BCUT2D eigenvalue weighted by molar-refractivity contribution is 7.12. The number of thiophene rings is 1. The predicted molar refractivity (Wildman–Crippen MR) is 83.4 cm³/mol. The molecule has 0 unspecified atom stereocenters. The molecule has 0 spiro atoms. The Hall–Kier alpha value is -2.67. The molecular formula is C15H14N2O4S. The summed E-state index contributed by atoms with van der Waals surface area (Å²) in [6.07, 6.45) is 0. The predicted octanol–water partition coefficient (Wildman–Crippen LogP) is 2.12. The van der Waals surface area contributed by atoms with Crippen molar-refractivity contribution in [1.82, 2.24) is 5.32 Å². The van der Waals surface area contributed by atoms with Crippen molar-refractivity contribution in [2.24, 2.45) is 0 Å². The summed E-state index contributed by atoms with van der Waals surface area (Å²) >= 11 is 1.29. The first-order valence-electron chi connectivity index (χ1n) is 6.43. The minimum absolute atomic E-state index is 0.154. The summed E-state index contributed by atoms with van der Waals surface area (Å²) in [5, 5.41) is 15.8. The Morgan fingerprint density at radius 2 is 2.00 bits per heavy atom. The molecule has 0 aliphatic rings. The topological polar surface area (TPSA) is 95.5 Å². The van der Waals surface area contributed by atoms with Crippen molar-refractivity contribution in [2.75, 3.05) is 11.9 Å². The molecule has 0 saturated carbocycles. The van der Waals surface area contributed by atoms with E-state index in [2.05, 4.69) is 10.6 Å². The van der Waals surface area contributed by atoms with Crippen LogP contribution in [0.2, 0.25) is 0 Å². The molecule has 0 aliphatic carbocycles. The zero-order chi connectivity index (χ0) is 16.1. The zero-order valence-corrected chi connectivity index (χ0v) is 12.6. The molecule has 0 saturated heterocycles. The second-order valence-corrected chi connectivity index (χ2v) is 5.49. The summed E-state index contributed by atoms with van der Waals surface area (Å²) in [7, 11) is 0. The molecule has 0 fully saturated rings. The summed E-state index contributed by atoms with van der Waals surface area (Å²) < 4.78 is 0. The van der Waals surface area contributed by atoms with E-state index in [1.165, 1.54) is 29.5 Å². The van der Waals surface area contributed by atoms with Gasteiger partial charge in [0.05, 0.1) is 17.0 Å². The SMILES string of the molecule is Cc1cc(C(=O)O)ccc1NC(=O)CNC(=O)c1cccs1. The Morgan fingerprint density at radius 1 is 1.23 bits per heavy atom. The van der Waals surface area contributed by atoms with Crippen LogP contribution in [-0.4, -0.2) is 29.4 Å². The first kappa shape index (κ1) is 15.7. The summed E-state index contributed by atoms with van der Waals surface area (Å²) in [4.78, 5) is 34.9. The van der Waals surface area contributed by atoms with Gasteiger partial charge in [-0.3, -0.25) is 9.59 Å². The molecule has 0 bridgehead atoms. The molecule has 0 radical (unpaired) electrons. The molecule has 2 amide bonds. The van der Waals surface area contributed by atoms with Crippen LogP contribution >= 0.6 is 11.3 Å². The second kappa shape index (κ2) is 6.86. The van der Waals surface area contributed by atoms with E-state index in [4.69, 9.17) is 5.11 Å². The molecule has 1 aromatic heterocycles. The first-order valence-corrected chi connectivity index (χ1v) is 7.31. The number of nitrogens with one attached hydrogen (secondary N) is 2. The fourth-order valence-corrected chi connectivity index (χ4v) is 2.43. The number of anilines is 1. The van der Waals surface area contributed by atoms with E-state index in [0.29, 0.717) is 16.1 Å². The fraction of sp³-hybridized carbons (Fsp3) is 0.133. The Bertz CT molecular complexity index is 710. The molecule has 0 aliphatic heterocycles. The lowest BCUT2D eigenvalue weighted by Crippen LogP contribution is -2.32. The van der Waals surface area contributed by atoms with E-state index in [1.807, 2.05) is 0 Å². The maximum absolute atomic E-state index is 11.8. The van der Waals surface area contributed by atoms with Gasteiger partial charge in [-0.15, -0.1) is 11.3 Å². The van der Waals surface area contributed by atoms with Crippen molar-refractivity contribution in [2.45, 2.75) is 6.92 Å². The summed E-state index contributed by atoms with van der Waals surface area (Å²) in [5.74, 6) is -1.71. The highest BCUT2D eigenvalue weighted by Crippen LogP contribution is 2.16. The lowest BCUT2D eigenvalue weighted by molar-refractivity contribution is -0.115. The molecule has 22 heavy (non-hydrogen) atoms. The van der Waals surface area contributed by atoms with Crippen LogP contribution in [0.1, 0.15) is 25.6 Å². The van der Waals surface area contributed by atoms with Gasteiger partial charge in [0, 0.05) is 5.69 Å². The number of carbonyl (C=O) groups excluding carboxylic acids is 2. The molecule has 3 N–H and O–H groups in total. The number of amides is 2. The lowest BCUT2D eigenvalue weighted by atomic mass is 10.1. The van der Waals surface area contributed by atoms with Crippen LogP contribution in [0.3, 0.4) is 0 Å². The Kier molecular flexibility index (Phi) is 4.90. The van der Waals surface area contributed by atoms with Gasteiger partial charge >= 0.3 is 5.97 Å². The van der Waals surface area contributed by atoms with E-state index in [9.17, 15) is 14.4 Å². The van der Waals surface area contributed by atoms with E-state index < -0.39 is 5.97 Å². The molecule has 0 atom stereocenters. The Morgan fingerprint density at radius 3 is 2.59 bits per heavy atom. The normalized spacial score (nSPS) is 10.0. The van der Waals surface area contributed by atoms with Gasteiger partial charge in [0.15, 0.2) is 0 Å². The summed E-state index contributed by atoms with van der Waals surface area (Å²) in [6.45, 7) is 1.54. The third-order valence-electron chi connectivity index (χ3n) is 2.90. The molecular weight excluding hydrogens is 304 g/mol. The molecule has 2 rings (SSSR count). The van der Waals surface area contributed by atoms with Crippen molar-refractivity contribution in [3.63, 3.8) is 0 Å². The smallest absolute Gasteiger partial charge is 0.335 e. The quantitative estimate of drug-likeness (QED) is 0.787. The highest BCUT2D eigenvalue weighted by Gasteiger charge is 2.11. The van der Waals surface area contributed by atoms with Crippen LogP contribution < -0.4 is 10.6 Å². The van der Waals surface area contributed by atoms with E-state index >= 15 is 0 Å². The molecule has 7 heteroatoms. The molecule has 1 heterocycles.